The number of anilines is 4. The molecule has 0 amide bonds. The lowest BCUT2D eigenvalue weighted by atomic mass is 10.0. The number of benzene rings is 1. The number of carbonyl (C=O) groups is 1. The van der Waals surface area contributed by atoms with Gasteiger partial charge in [0.2, 0.25) is 0 Å². The topological polar surface area (TPSA) is 131 Å². The summed E-state index contributed by atoms with van der Waals surface area (Å²) in [6.07, 6.45) is 7.71. The molecule has 3 aromatic heterocycles. The van der Waals surface area contributed by atoms with Crippen LogP contribution in [0.2, 0.25) is 0 Å². The number of nitrogens with one attached hydrogen (secondary N) is 2. The Kier molecular flexibility index (Phi) is 5.88. The third-order valence-electron chi connectivity index (χ3n) is 5.56. The number of aromatic nitrogens is 4. The molecular formula is C24H21N7O2S. The molecule has 0 spiro atoms. The minimum absolute atomic E-state index is 0.335. The number of nitriles is 1. The summed E-state index contributed by atoms with van der Waals surface area (Å²) in [5.74, 6) is 2.63. The molecule has 170 valence electrons. The van der Waals surface area contributed by atoms with Crippen LogP contribution in [0, 0.1) is 11.3 Å². The maximum atomic E-state index is 11.9. The van der Waals surface area contributed by atoms with Gasteiger partial charge in [0.05, 0.1) is 12.5 Å². The molecular weight excluding hydrogens is 450 g/mol. The Hall–Kier alpha value is -3.94. The van der Waals surface area contributed by atoms with Crippen molar-refractivity contribution in [2.45, 2.75) is 24.5 Å². The van der Waals surface area contributed by atoms with Gasteiger partial charge in [-0.1, -0.05) is 17.2 Å². The molecule has 1 aliphatic rings. The van der Waals surface area contributed by atoms with E-state index >= 15 is 0 Å². The van der Waals surface area contributed by atoms with Crippen LogP contribution in [0.5, 0.6) is 0 Å². The highest BCUT2D eigenvalue weighted by Crippen LogP contribution is 2.42. The highest BCUT2D eigenvalue weighted by molar-refractivity contribution is 7.89. The third kappa shape index (κ3) is 4.57. The first-order chi connectivity index (χ1) is 16.5. The van der Waals surface area contributed by atoms with Crippen molar-refractivity contribution < 1.29 is 9.35 Å². The van der Waals surface area contributed by atoms with Crippen molar-refractivity contribution in [1.29, 1.82) is 5.26 Å². The Morgan fingerprint density at radius 1 is 1.21 bits per heavy atom. The summed E-state index contributed by atoms with van der Waals surface area (Å²) in [5, 5.41) is 20.3. The molecule has 1 atom stereocenters. The lowest BCUT2D eigenvalue weighted by molar-refractivity contribution is 0.112. The van der Waals surface area contributed by atoms with E-state index in [4.69, 9.17) is 0 Å². The minimum atomic E-state index is -0.946. The van der Waals surface area contributed by atoms with Crippen LogP contribution in [0.25, 0.3) is 5.65 Å². The summed E-state index contributed by atoms with van der Waals surface area (Å²) >= 11 is -0.946. The number of carbonyl (C=O) groups excluding carboxylic acids is 1. The standard InChI is InChI=1S/C24H21N7O2S/c1-34(33)14-17-8-19(5-6-20(17)16-3-4-16)28-22-9-23(29-21-7-2-15(13-32)11-26-21)31-24(30-22)18(10-25)12-27-31/h2,5-9,11-13,16H,3-4,14H2,1H3,(H,26,29)(H,28,30). The Labute approximate surface area is 199 Å². The predicted octanol–water partition coefficient (Wildman–Crippen LogP) is 4.05. The molecule has 1 unspecified atom stereocenters. The van der Waals surface area contributed by atoms with E-state index in [0.29, 0.717) is 45.9 Å². The SMILES string of the molecule is C[S+]([O-])Cc1cc(Nc2cc(Nc3ccc(C=O)cn3)n3ncc(C#N)c3n2)ccc1C1CC1. The molecule has 5 rings (SSSR count). The molecule has 1 aromatic carbocycles. The molecule has 0 bridgehead atoms. The second-order valence-corrected chi connectivity index (χ2v) is 9.62. The monoisotopic (exact) mass is 471 g/mol. The van der Waals surface area contributed by atoms with Gasteiger partial charge in [-0.05, 0) is 48.6 Å². The highest BCUT2D eigenvalue weighted by Gasteiger charge is 2.27. The van der Waals surface area contributed by atoms with Crippen LogP contribution in [0.4, 0.5) is 23.1 Å². The van der Waals surface area contributed by atoms with E-state index in [-0.39, 0.29) is 0 Å². The van der Waals surface area contributed by atoms with Crippen molar-refractivity contribution in [2.24, 2.45) is 0 Å². The summed E-state index contributed by atoms with van der Waals surface area (Å²) in [4.78, 5) is 19.7. The van der Waals surface area contributed by atoms with Crippen molar-refractivity contribution in [2.75, 3.05) is 16.9 Å². The Morgan fingerprint density at radius 3 is 2.74 bits per heavy atom. The van der Waals surface area contributed by atoms with Crippen LogP contribution in [0.3, 0.4) is 0 Å². The molecule has 34 heavy (non-hydrogen) atoms. The van der Waals surface area contributed by atoms with Crippen LogP contribution >= 0.6 is 0 Å². The van der Waals surface area contributed by atoms with Gasteiger partial charge in [-0.2, -0.15) is 14.9 Å². The zero-order valence-electron chi connectivity index (χ0n) is 18.4. The Morgan fingerprint density at radius 2 is 2.06 bits per heavy atom. The first-order valence-electron chi connectivity index (χ1n) is 10.7. The number of hydrogen-bond donors (Lipinski definition) is 2. The number of nitrogens with zero attached hydrogens (tertiary/aromatic N) is 5. The Bertz CT molecular complexity index is 1410. The lowest BCUT2D eigenvalue weighted by Gasteiger charge is -2.14. The number of fused-ring (bicyclic) bond motifs is 1. The number of rotatable bonds is 8. The summed E-state index contributed by atoms with van der Waals surface area (Å²) in [5.41, 5.74) is 4.36. The van der Waals surface area contributed by atoms with Gasteiger partial charge in [0.25, 0.3) is 0 Å². The smallest absolute Gasteiger partial charge is 0.177 e. The summed E-state index contributed by atoms with van der Waals surface area (Å²) in [6.45, 7) is 0. The summed E-state index contributed by atoms with van der Waals surface area (Å²) in [7, 11) is 0. The fourth-order valence-corrected chi connectivity index (χ4v) is 4.53. The van der Waals surface area contributed by atoms with Gasteiger partial charge in [-0.25, -0.2) is 9.97 Å². The van der Waals surface area contributed by atoms with E-state index < -0.39 is 11.2 Å². The maximum Gasteiger partial charge on any atom is 0.177 e. The van der Waals surface area contributed by atoms with Crippen molar-refractivity contribution in [3.05, 3.63) is 71.0 Å². The molecule has 9 nitrogen and oxygen atoms in total. The molecule has 0 radical (unpaired) electrons. The van der Waals surface area contributed by atoms with E-state index in [9.17, 15) is 14.6 Å². The van der Waals surface area contributed by atoms with Gasteiger partial charge in [0, 0.05) is 29.1 Å². The second kappa shape index (κ2) is 9.13. The minimum Gasteiger partial charge on any atom is -0.616 e. The van der Waals surface area contributed by atoms with E-state index in [1.165, 1.54) is 35.3 Å². The normalized spacial score (nSPS) is 13.9. The van der Waals surface area contributed by atoms with Crippen LogP contribution < -0.4 is 10.6 Å². The maximum absolute atomic E-state index is 11.9. The predicted molar refractivity (Wildman–Crippen MR) is 130 cm³/mol. The van der Waals surface area contributed by atoms with E-state index in [0.717, 1.165) is 17.5 Å². The van der Waals surface area contributed by atoms with Gasteiger partial charge in [0.1, 0.15) is 34.8 Å². The lowest BCUT2D eigenvalue weighted by Crippen LogP contribution is -2.06. The van der Waals surface area contributed by atoms with Crippen molar-refractivity contribution in [1.82, 2.24) is 19.6 Å². The van der Waals surface area contributed by atoms with Gasteiger partial charge in [-0.3, -0.25) is 4.79 Å². The van der Waals surface area contributed by atoms with E-state index in [1.807, 2.05) is 12.1 Å². The van der Waals surface area contributed by atoms with E-state index in [2.05, 4.69) is 37.8 Å². The molecule has 0 saturated heterocycles. The molecule has 1 aliphatic carbocycles. The van der Waals surface area contributed by atoms with Gasteiger partial charge < -0.3 is 15.2 Å². The average molecular weight is 472 g/mol. The van der Waals surface area contributed by atoms with Crippen molar-refractivity contribution in [3.8, 4) is 6.07 Å². The third-order valence-corrected chi connectivity index (χ3v) is 6.28. The van der Waals surface area contributed by atoms with Gasteiger partial charge in [0.15, 0.2) is 11.9 Å². The Balaban J connectivity index is 1.50. The number of pyridine rings is 1. The molecule has 0 aliphatic heterocycles. The van der Waals surface area contributed by atoms with Crippen LogP contribution in [-0.4, -0.2) is 36.7 Å². The number of hydrogen-bond acceptors (Lipinski definition) is 8. The molecule has 1 saturated carbocycles. The molecule has 4 aromatic rings. The van der Waals surface area contributed by atoms with Crippen molar-refractivity contribution in [3.63, 3.8) is 0 Å². The summed E-state index contributed by atoms with van der Waals surface area (Å²) in [6, 6.07) is 13.3. The fraction of sp³-hybridized carbons (Fsp3) is 0.208. The quantitative estimate of drug-likeness (QED) is 0.291. The van der Waals surface area contributed by atoms with Crippen LogP contribution in [0.15, 0.2) is 48.8 Å². The molecule has 2 N–H and O–H groups in total. The fourth-order valence-electron chi connectivity index (χ4n) is 3.84. The van der Waals surface area contributed by atoms with Crippen LogP contribution in [-0.2, 0) is 16.9 Å². The number of aldehydes is 1. The molecule has 10 heteroatoms. The van der Waals surface area contributed by atoms with Gasteiger partial charge >= 0.3 is 0 Å². The zero-order valence-corrected chi connectivity index (χ0v) is 19.2. The largest absolute Gasteiger partial charge is 0.616 e. The van der Waals surface area contributed by atoms with Crippen LogP contribution in [0.1, 0.15) is 45.8 Å². The van der Waals surface area contributed by atoms with E-state index in [1.54, 1.807) is 24.5 Å². The second-order valence-electron chi connectivity index (χ2n) is 8.18. The summed E-state index contributed by atoms with van der Waals surface area (Å²) < 4.78 is 13.5. The van der Waals surface area contributed by atoms with Gasteiger partial charge in [-0.15, -0.1) is 0 Å². The highest BCUT2D eigenvalue weighted by atomic mass is 32.2. The average Bonchev–Trinajstić information content (AvgIpc) is 3.58. The molecule has 3 heterocycles. The molecule has 1 fully saturated rings. The first kappa shape index (κ1) is 21.9. The zero-order chi connectivity index (χ0) is 23.7. The first-order valence-corrected chi connectivity index (χ1v) is 12.4. The van der Waals surface area contributed by atoms with Crippen molar-refractivity contribution >= 4 is 46.3 Å².